The average Bonchev–Trinajstić information content (AvgIpc) is 2.89. The fourth-order valence-corrected chi connectivity index (χ4v) is 5.41. The van der Waals surface area contributed by atoms with Crippen LogP contribution in [0.1, 0.15) is 46.9 Å². The Hall–Kier alpha value is -3.99. The van der Waals surface area contributed by atoms with Crippen LogP contribution in [0, 0.1) is 11.7 Å². The van der Waals surface area contributed by atoms with Crippen LogP contribution in [0.25, 0.3) is 10.9 Å². The third kappa shape index (κ3) is 5.12. The molecule has 0 unspecified atom stereocenters. The minimum Gasteiger partial charge on any atom is -0.487 e. The van der Waals surface area contributed by atoms with Gasteiger partial charge < -0.3 is 9.64 Å². The molecule has 1 aliphatic rings. The van der Waals surface area contributed by atoms with E-state index in [1.165, 1.54) is 17.7 Å². The highest BCUT2D eigenvalue weighted by atomic mass is 19.1. The van der Waals surface area contributed by atoms with Gasteiger partial charge in [0.25, 0.3) is 0 Å². The van der Waals surface area contributed by atoms with E-state index >= 15 is 0 Å². The number of aromatic nitrogens is 1. The molecular weight excluding hydrogens is 463 g/mol. The van der Waals surface area contributed by atoms with Crippen molar-refractivity contribution in [3.05, 3.63) is 119 Å². The normalized spacial score (nSPS) is 19.1. The van der Waals surface area contributed by atoms with E-state index in [-0.39, 0.29) is 23.6 Å². The number of hydrogen-bond acceptors (Lipinski definition) is 4. The van der Waals surface area contributed by atoms with Crippen LogP contribution in [0.15, 0.2) is 91.1 Å². The summed E-state index contributed by atoms with van der Waals surface area (Å²) in [5.74, 6) is 0.961. The number of rotatable bonds is 8. The van der Waals surface area contributed by atoms with Gasteiger partial charge in [0.2, 0.25) is 0 Å². The van der Waals surface area contributed by atoms with Crippen LogP contribution in [0.4, 0.5) is 4.39 Å². The number of halogens is 1. The molecule has 1 heterocycles. The SMILES string of the molecule is CC1CC(c2ccccc2)(c2cc(OCc3ccc4cc(F)ccc4n3)ccc2C(=O)/C=C/N(C)C)C1. The summed E-state index contributed by atoms with van der Waals surface area (Å²) in [5, 5.41) is 0.753. The summed E-state index contributed by atoms with van der Waals surface area (Å²) in [6.45, 7) is 2.53. The highest BCUT2D eigenvalue weighted by Gasteiger charge is 2.46. The van der Waals surface area contributed by atoms with Crippen LogP contribution >= 0.6 is 0 Å². The lowest BCUT2D eigenvalue weighted by molar-refractivity contribution is 0.103. The molecule has 3 aromatic carbocycles. The van der Waals surface area contributed by atoms with Gasteiger partial charge in [0.1, 0.15) is 18.2 Å². The number of allylic oxidation sites excluding steroid dienone is 1. The van der Waals surface area contributed by atoms with Crippen molar-refractivity contribution in [3.8, 4) is 5.75 Å². The fraction of sp³-hybridized carbons (Fsp3) is 0.250. The Labute approximate surface area is 217 Å². The van der Waals surface area contributed by atoms with Crippen molar-refractivity contribution in [1.29, 1.82) is 0 Å². The first-order chi connectivity index (χ1) is 17.8. The van der Waals surface area contributed by atoms with E-state index < -0.39 is 0 Å². The molecule has 0 amide bonds. The number of ketones is 1. The van der Waals surface area contributed by atoms with E-state index in [2.05, 4.69) is 36.2 Å². The zero-order chi connectivity index (χ0) is 26.0. The highest BCUT2D eigenvalue weighted by molar-refractivity contribution is 6.06. The Kier molecular flexibility index (Phi) is 6.79. The summed E-state index contributed by atoms with van der Waals surface area (Å²) in [6.07, 6.45) is 5.36. The third-order valence-electron chi connectivity index (χ3n) is 7.11. The van der Waals surface area contributed by atoms with Crippen LogP contribution < -0.4 is 4.74 Å². The van der Waals surface area contributed by atoms with Gasteiger partial charge in [-0.15, -0.1) is 0 Å². The first-order valence-electron chi connectivity index (χ1n) is 12.6. The highest BCUT2D eigenvalue weighted by Crippen LogP contribution is 2.53. The van der Waals surface area contributed by atoms with Crippen molar-refractivity contribution < 1.29 is 13.9 Å². The molecule has 4 aromatic rings. The number of carbonyl (C=O) groups excluding carboxylic acids is 1. The second kappa shape index (κ2) is 10.2. The van der Waals surface area contributed by atoms with Crippen molar-refractivity contribution in [2.24, 2.45) is 5.92 Å². The van der Waals surface area contributed by atoms with Gasteiger partial charge in [-0.05, 0) is 72.4 Å². The Morgan fingerprint density at radius 3 is 2.57 bits per heavy atom. The molecule has 5 heteroatoms. The minimum absolute atomic E-state index is 0.0199. The molecule has 1 saturated carbocycles. The molecule has 5 rings (SSSR count). The maximum Gasteiger partial charge on any atom is 0.187 e. The predicted molar refractivity (Wildman–Crippen MR) is 145 cm³/mol. The first-order valence-corrected chi connectivity index (χ1v) is 12.6. The van der Waals surface area contributed by atoms with E-state index in [0.717, 1.165) is 35.0 Å². The number of carbonyl (C=O) groups is 1. The average molecular weight is 495 g/mol. The molecule has 0 aliphatic heterocycles. The molecule has 0 saturated heterocycles. The summed E-state index contributed by atoms with van der Waals surface area (Å²) >= 11 is 0. The number of fused-ring (bicyclic) bond motifs is 1. The van der Waals surface area contributed by atoms with Crippen molar-refractivity contribution in [1.82, 2.24) is 9.88 Å². The topological polar surface area (TPSA) is 42.4 Å². The van der Waals surface area contributed by atoms with Gasteiger partial charge in [-0.2, -0.15) is 0 Å². The Balaban J connectivity index is 1.50. The van der Waals surface area contributed by atoms with Gasteiger partial charge in [-0.25, -0.2) is 9.37 Å². The van der Waals surface area contributed by atoms with Crippen LogP contribution in [-0.2, 0) is 12.0 Å². The van der Waals surface area contributed by atoms with E-state index in [4.69, 9.17) is 4.74 Å². The molecular formula is C32H31FN2O2. The number of pyridine rings is 1. The lowest BCUT2D eigenvalue weighted by Crippen LogP contribution is -2.42. The second-order valence-electron chi connectivity index (χ2n) is 10.2. The standard InChI is InChI=1S/C32H31FN2O2/c1-22-19-32(20-22,24-7-5-4-6-8-24)29-18-27(12-13-28(29)31(36)15-16-35(2)3)37-21-26-11-9-23-17-25(33)10-14-30(23)34-26/h4-18,22H,19-21H2,1-3H3/b16-15+. The molecule has 1 fully saturated rings. The quantitative estimate of drug-likeness (QED) is 0.197. The smallest absolute Gasteiger partial charge is 0.187 e. The van der Waals surface area contributed by atoms with Crippen molar-refractivity contribution >= 4 is 16.7 Å². The number of benzene rings is 3. The largest absolute Gasteiger partial charge is 0.487 e. The summed E-state index contributed by atoms with van der Waals surface area (Å²) in [4.78, 5) is 19.8. The van der Waals surface area contributed by atoms with Gasteiger partial charge in [0, 0.05) is 42.7 Å². The predicted octanol–water partition coefficient (Wildman–Crippen LogP) is 6.93. The molecule has 188 valence electrons. The van der Waals surface area contributed by atoms with E-state index in [1.807, 2.05) is 55.4 Å². The molecule has 1 aromatic heterocycles. The fourth-order valence-electron chi connectivity index (χ4n) is 5.41. The summed E-state index contributed by atoms with van der Waals surface area (Å²) in [5.41, 5.74) is 4.17. The minimum atomic E-state index is -0.279. The Bertz CT molecular complexity index is 1460. The molecule has 0 spiro atoms. The first kappa shape index (κ1) is 24.7. The maximum absolute atomic E-state index is 13.5. The van der Waals surface area contributed by atoms with Gasteiger partial charge in [0.05, 0.1) is 11.2 Å². The van der Waals surface area contributed by atoms with Gasteiger partial charge >= 0.3 is 0 Å². The van der Waals surface area contributed by atoms with Gasteiger partial charge in [0.15, 0.2) is 5.78 Å². The maximum atomic E-state index is 13.5. The van der Waals surface area contributed by atoms with Crippen molar-refractivity contribution in [3.63, 3.8) is 0 Å². The lowest BCUT2D eigenvalue weighted by atomic mass is 9.55. The molecule has 37 heavy (non-hydrogen) atoms. The molecule has 1 aliphatic carbocycles. The third-order valence-corrected chi connectivity index (χ3v) is 7.11. The molecule has 4 nitrogen and oxygen atoms in total. The lowest BCUT2D eigenvalue weighted by Gasteiger charge is -2.48. The van der Waals surface area contributed by atoms with Gasteiger partial charge in [-0.1, -0.05) is 43.3 Å². The van der Waals surface area contributed by atoms with Crippen LogP contribution in [0.5, 0.6) is 5.75 Å². The summed E-state index contributed by atoms with van der Waals surface area (Å²) in [7, 11) is 3.80. The zero-order valence-corrected chi connectivity index (χ0v) is 21.4. The number of nitrogens with zero attached hydrogens (tertiary/aromatic N) is 2. The molecule has 0 atom stereocenters. The Morgan fingerprint density at radius 2 is 1.84 bits per heavy atom. The van der Waals surface area contributed by atoms with Crippen LogP contribution in [0.3, 0.4) is 0 Å². The monoisotopic (exact) mass is 494 g/mol. The van der Waals surface area contributed by atoms with Crippen molar-refractivity contribution in [2.75, 3.05) is 14.1 Å². The zero-order valence-electron chi connectivity index (χ0n) is 21.4. The summed E-state index contributed by atoms with van der Waals surface area (Å²) < 4.78 is 19.7. The van der Waals surface area contributed by atoms with Gasteiger partial charge in [-0.3, -0.25) is 4.79 Å². The Morgan fingerprint density at radius 1 is 1.05 bits per heavy atom. The van der Waals surface area contributed by atoms with Crippen LogP contribution in [0.2, 0.25) is 0 Å². The van der Waals surface area contributed by atoms with E-state index in [0.29, 0.717) is 17.2 Å². The number of hydrogen-bond donors (Lipinski definition) is 0. The van der Waals surface area contributed by atoms with Crippen molar-refractivity contribution in [2.45, 2.75) is 31.8 Å². The summed E-state index contributed by atoms with van der Waals surface area (Å²) in [6, 6.07) is 24.5. The van der Waals surface area contributed by atoms with E-state index in [1.54, 1.807) is 18.3 Å². The number of ether oxygens (including phenoxy) is 1. The second-order valence-corrected chi connectivity index (χ2v) is 10.2. The molecule has 0 radical (unpaired) electrons. The van der Waals surface area contributed by atoms with Crippen LogP contribution in [-0.4, -0.2) is 29.8 Å². The molecule has 0 N–H and O–H groups in total. The van der Waals surface area contributed by atoms with E-state index in [9.17, 15) is 9.18 Å². The molecule has 0 bridgehead atoms.